The van der Waals surface area contributed by atoms with Crippen molar-refractivity contribution >= 4 is 68.3 Å². The molecule has 0 radical (unpaired) electrons. The largest absolute Gasteiger partial charge is 0.497 e. The predicted molar refractivity (Wildman–Crippen MR) is 419 cm³/mol. The van der Waals surface area contributed by atoms with Crippen LogP contribution in [0.2, 0.25) is 15.1 Å². The first-order valence-corrected chi connectivity index (χ1v) is 39.1. The molecular weight excluding hydrogens is 1550 g/mol. The average Bonchev–Trinajstić information content (AvgIpc) is 1.63. The van der Waals surface area contributed by atoms with Gasteiger partial charge in [-0.1, -0.05) is 123 Å². The van der Waals surface area contributed by atoms with Crippen molar-refractivity contribution in [2.24, 2.45) is 11.8 Å². The van der Waals surface area contributed by atoms with Gasteiger partial charge in [-0.15, -0.1) is 6.58 Å². The van der Waals surface area contributed by atoms with Crippen LogP contribution in [-0.2, 0) is 24.7 Å². The minimum Gasteiger partial charge on any atom is -0.497 e. The number of nitrogens with zero attached hydrogens (tertiary/aromatic N) is 5. The van der Waals surface area contributed by atoms with E-state index in [0.29, 0.717) is 71.5 Å². The Morgan fingerprint density at radius 3 is 1.85 bits per heavy atom. The minimum atomic E-state index is -4.93. The number of nitrogens with one attached hydrogen (secondary N) is 2. The topological polar surface area (TPSA) is 159 Å². The first-order valence-electron chi connectivity index (χ1n) is 37.9. The fourth-order valence-electron chi connectivity index (χ4n) is 15.7. The van der Waals surface area contributed by atoms with Gasteiger partial charge >= 0.3 is 24.7 Å². The number of aliphatic hydroxyl groups excluding tert-OH is 4. The lowest BCUT2D eigenvalue weighted by molar-refractivity contribution is -0.142. The van der Waals surface area contributed by atoms with Gasteiger partial charge in [0.1, 0.15) is 17.1 Å². The third-order valence-electron chi connectivity index (χ3n) is 21.6. The lowest BCUT2D eigenvalue weighted by atomic mass is 9.73. The Bertz CT molecular complexity index is 4760. The maximum absolute atomic E-state index is 13.3. The molecule has 2 bridgehead atoms. The van der Waals surface area contributed by atoms with Crippen LogP contribution in [0, 0.1) is 11.8 Å². The van der Waals surface area contributed by atoms with Gasteiger partial charge in [0, 0.05) is 68.8 Å². The number of piperidine rings is 5. The van der Waals surface area contributed by atoms with Gasteiger partial charge in [0.05, 0.1) is 59.4 Å². The molecular formula is C86H90Cl3F12N7O5. The van der Waals surface area contributed by atoms with Gasteiger partial charge in [0.15, 0.2) is 0 Å². The number of hydrogen-bond donors (Lipinski definition) is 6. The lowest BCUT2D eigenvalue weighted by Crippen LogP contribution is -2.54. The maximum atomic E-state index is 13.3. The minimum absolute atomic E-state index is 0.0247. The molecule has 604 valence electrons. The summed E-state index contributed by atoms with van der Waals surface area (Å²) in [4.78, 5) is 16.0. The molecule has 8 heterocycles. The zero-order chi connectivity index (χ0) is 81.3. The molecule has 6 N–H and O–H groups in total. The highest BCUT2D eigenvalue weighted by Crippen LogP contribution is 2.51. The van der Waals surface area contributed by atoms with Crippen LogP contribution in [0.1, 0.15) is 177 Å². The number of unbranched alkanes of at least 4 members (excludes halogenated alkanes) is 2. The van der Waals surface area contributed by atoms with Gasteiger partial charge in [0.25, 0.3) is 0 Å². The Kier molecular flexibility index (Phi) is 28.6. The fourth-order valence-corrected chi connectivity index (χ4v) is 16.2. The van der Waals surface area contributed by atoms with E-state index in [1.165, 1.54) is 18.6 Å². The molecule has 1 unspecified atom stereocenters. The zero-order valence-corrected chi connectivity index (χ0v) is 64.7. The number of benzene rings is 6. The normalized spacial score (nSPS) is 20.4. The molecule has 5 saturated heterocycles. The molecule has 27 heteroatoms. The van der Waals surface area contributed by atoms with Gasteiger partial charge in [-0.3, -0.25) is 9.88 Å². The summed E-state index contributed by atoms with van der Waals surface area (Å²) in [6, 6.07) is 34.2. The van der Waals surface area contributed by atoms with Crippen LogP contribution in [0.15, 0.2) is 158 Å². The molecule has 0 saturated carbocycles. The molecule has 0 spiro atoms. The molecule has 3 aromatic heterocycles. The zero-order valence-electron chi connectivity index (χ0n) is 62.5. The van der Waals surface area contributed by atoms with E-state index in [4.69, 9.17) is 39.5 Å². The highest BCUT2D eigenvalue weighted by Gasteiger charge is 2.44. The van der Waals surface area contributed by atoms with E-state index >= 15 is 0 Å². The van der Waals surface area contributed by atoms with Crippen LogP contribution < -0.4 is 15.4 Å². The van der Waals surface area contributed by atoms with Gasteiger partial charge < -0.3 is 40.7 Å². The Balaban J connectivity index is 0.000000150. The molecule has 6 aliphatic rings. The lowest BCUT2D eigenvalue weighted by Gasteiger charge is -2.50. The van der Waals surface area contributed by atoms with Crippen LogP contribution >= 0.6 is 34.8 Å². The molecule has 12 nitrogen and oxygen atoms in total. The summed E-state index contributed by atoms with van der Waals surface area (Å²) in [5.74, 6) is 2.01. The molecule has 1 aliphatic carbocycles. The van der Waals surface area contributed by atoms with E-state index in [1.54, 1.807) is 13.3 Å². The van der Waals surface area contributed by atoms with E-state index in [2.05, 4.69) is 74.0 Å². The summed E-state index contributed by atoms with van der Waals surface area (Å²) in [6.07, 6.45) is -5.47. The molecule has 6 aromatic carbocycles. The number of para-hydroxylation sites is 1. The van der Waals surface area contributed by atoms with E-state index in [1.807, 2.05) is 72.8 Å². The third-order valence-corrected chi connectivity index (χ3v) is 22.3. The molecule has 15 rings (SSSR count). The molecule has 5 fully saturated rings. The number of pyridine rings is 3. The standard InChI is InChI=1S/C30H32Cl3NO.C20H24N2O2.C19H18F6N2O.C17H16F6N2O/c1-3-5-13-34(14-6-4-2)19-29(35)28-18-23(33)17-27-25(15-20-7-9-21(31)10-8-20)26-16-22(32)11-12-24(26)30(27)28;1-3-13-12-22-9-7-14(13)10-19(22)20(23)16-6-8-21-18-5-4-15(24-2)11-17(16)18;20-18(21,22)13-6-4-11(5-7-13)15-9-12(10-16(27-15)19(23,24)25)17(28)14-3-1-2-8-26-14;18-16(19,20)11-5-3-4-9-10(15(26)12-6-1-2-7-24-12)8-13(17(21,22)23)25-14(9)11/h7-12,15-18,29,35H,3-6,13-14,19H2,1-2H3;3-6,8,11,13-14,19-20,23H,1,7,9-10,12H2,2H3;4-7,9-10,14,17,26,28H,1-3,8H2;3-5,8,12,15,24,26H,1-2,6-7H2/b25-15-;;;/t;13-,14-,19-,20+;14-,17-;12-,15+/m.011/s1. The average molecular weight is 1640 g/mol. The van der Waals surface area contributed by atoms with Crippen molar-refractivity contribution in [3.05, 3.63) is 235 Å². The van der Waals surface area contributed by atoms with Crippen LogP contribution in [0.25, 0.3) is 55.8 Å². The Morgan fingerprint density at radius 2 is 1.26 bits per heavy atom. The monoisotopic (exact) mass is 1630 g/mol. The Labute approximate surface area is 663 Å². The summed E-state index contributed by atoms with van der Waals surface area (Å²) in [6.45, 7) is 14.3. The van der Waals surface area contributed by atoms with Crippen LogP contribution in [0.4, 0.5) is 52.7 Å². The number of methoxy groups -OCH3 is 1. The van der Waals surface area contributed by atoms with Gasteiger partial charge in [0.2, 0.25) is 0 Å². The number of aliphatic hydroxyl groups is 4. The highest BCUT2D eigenvalue weighted by atomic mass is 35.5. The number of rotatable bonds is 19. The van der Waals surface area contributed by atoms with Crippen molar-refractivity contribution in [2.45, 2.75) is 158 Å². The number of fused-ring (bicyclic) bond motifs is 8. The van der Waals surface area contributed by atoms with Crippen molar-refractivity contribution in [3.8, 4) is 28.1 Å². The van der Waals surface area contributed by atoms with E-state index < -0.39 is 89.2 Å². The van der Waals surface area contributed by atoms with Crippen LogP contribution in [0.5, 0.6) is 5.75 Å². The summed E-state index contributed by atoms with van der Waals surface area (Å²) in [5.41, 5.74) is 3.14. The van der Waals surface area contributed by atoms with Gasteiger partial charge in [-0.25, -0.2) is 9.97 Å². The van der Waals surface area contributed by atoms with Crippen molar-refractivity contribution in [1.29, 1.82) is 0 Å². The molecule has 9 aromatic rings. The summed E-state index contributed by atoms with van der Waals surface area (Å²) in [7, 11) is 1.66. The second kappa shape index (κ2) is 37.5. The summed E-state index contributed by atoms with van der Waals surface area (Å²) in [5, 5.41) is 52.7. The van der Waals surface area contributed by atoms with Gasteiger partial charge in [-0.05, 0) is 255 Å². The number of halogens is 15. The fraction of sp³-hybridized carbons (Fsp3) is 0.407. The van der Waals surface area contributed by atoms with Gasteiger partial charge in [-0.2, -0.15) is 52.7 Å². The Morgan fingerprint density at radius 1 is 0.611 bits per heavy atom. The quantitative estimate of drug-likeness (QED) is 0.0337. The van der Waals surface area contributed by atoms with Crippen molar-refractivity contribution in [1.82, 2.24) is 35.4 Å². The van der Waals surface area contributed by atoms with Crippen molar-refractivity contribution in [2.75, 3.05) is 52.9 Å². The number of alkyl halides is 12. The summed E-state index contributed by atoms with van der Waals surface area (Å²) < 4.78 is 163. The molecule has 113 heavy (non-hydrogen) atoms. The van der Waals surface area contributed by atoms with Crippen LogP contribution in [0.3, 0.4) is 0 Å². The summed E-state index contributed by atoms with van der Waals surface area (Å²) >= 11 is 19.2. The predicted octanol–water partition coefficient (Wildman–Crippen LogP) is 21.7. The van der Waals surface area contributed by atoms with Crippen molar-refractivity contribution in [3.63, 3.8) is 0 Å². The van der Waals surface area contributed by atoms with E-state index in [-0.39, 0.29) is 33.8 Å². The second-order valence-electron chi connectivity index (χ2n) is 29.3. The number of hydrogen-bond acceptors (Lipinski definition) is 12. The SMILES string of the molecule is C=C[C@H]1C[N@]2CC[C@H]1C[C@H]2[C@H](O)c1ccnc2ccc(OC)cc12.CCCCN(CCCC)CC(O)c1cc(Cl)cc2c1-c1ccc(Cl)cc1/C2=C/c1ccc(Cl)cc1.O[C@@H](c1cc(C(F)(F)F)nc2c(C(F)(F)F)cccc12)[C@H]1CCCCN1.O[C@H](c1cc(-c2ccc(C(F)(F)F)cc2)nc(C(F)(F)F)c1)[C@H]1CCCCN1. The smallest absolute Gasteiger partial charge is 0.433 e. The maximum Gasteiger partial charge on any atom is 0.433 e. The molecule has 10 atom stereocenters. The number of aromatic nitrogens is 3. The Hall–Kier alpha value is -7.72. The second-order valence-corrected chi connectivity index (χ2v) is 30.6. The third kappa shape index (κ3) is 21.1. The molecule has 0 amide bonds. The number of ether oxygens (including phenoxy) is 1. The van der Waals surface area contributed by atoms with E-state index in [9.17, 15) is 73.1 Å². The highest BCUT2D eigenvalue weighted by molar-refractivity contribution is 6.32. The van der Waals surface area contributed by atoms with Crippen LogP contribution in [-0.4, -0.2) is 116 Å². The molecule has 5 aliphatic heterocycles. The van der Waals surface area contributed by atoms with Crippen molar-refractivity contribution < 1.29 is 77.8 Å². The first kappa shape index (κ1) is 86.1. The van der Waals surface area contributed by atoms with E-state index in [0.717, 1.165) is 182 Å². The first-order chi connectivity index (χ1) is 53.8.